The lowest BCUT2D eigenvalue weighted by Crippen LogP contribution is -2.19. The van der Waals surface area contributed by atoms with Crippen molar-refractivity contribution in [3.8, 4) is 17.2 Å². The third-order valence-electron chi connectivity index (χ3n) is 3.57. The van der Waals surface area contributed by atoms with Crippen molar-refractivity contribution in [2.24, 2.45) is 5.10 Å². The van der Waals surface area contributed by atoms with Gasteiger partial charge in [0.1, 0.15) is 0 Å². The van der Waals surface area contributed by atoms with E-state index >= 15 is 0 Å². The van der Waals surface area contributed by atoms with Crippen LogP contribution in [0.25, 0.3) is 0 Å². The second kappa shape index (κ2) is 8.78. The van der Waals surface area contributed by atoms with Crippen molar-refractivity contribution in [3.05, 3.63) is 51.5 Å². The van der Waals surface area contributed by atoms with E-state index in [1.54, 1.807) is 25.1 Å². The average Bonchev–Trinajstić information content (AvgIpc) is 2.66. The van der Waals surface area contributed by atoms with Crippen molar-refractivity contribution >= 4 is 34.8 Å². The fourth-order valence-electron chi connectivity index (χ4n) is 2.25. The summed E-state index contributed by atoms with van der Waals surface area (Å²) in [6, 6.07) is 8.09. The smallest absolute Gasteiger partial charge is 0.271 e. The van der Waals surface area contributed by atoms with Crippen LogP contribution >= 0.6 is 23.2 Å². The van der Waals surface area contributed by atoms with E-state index in [0.29, 0.717) is 44.1 Å². The van der Waals surface area contributed by atoms with E-state index in [-0.39, 0.29) is 0 Å². The Morgan fingerprint density at radius 2 is 1.62 bits per heavy atom. The fraction of sp³-hybridized carbons (Fsp3) is 0.222. The summed E-state index contributed by atoms with van der Waals surface area (Å²) in [5, 5.41) is 5.09. The molecule has 0 aliphatic rings. The van der Waals surface area contributed by atoms with E-state index in [4.69, 9.17) is 37.4 Å². The number of halogens is 2. The van der Waals surface area contributed by atoms with Crippen molar-refractivity contribution in [2.45, 2.75) is 6.92 Å². The Morgan fingerprint density at radius 3 is 2.15 bits per heavy atom. The second-order valence-electron chi connectivity index (χ2n) is 5.18. The van der Waals surface area contributed by atoms with Gasteiger partial charge in [0.05, 0.1) is 27.0 Å². The molecule has 0 unspecified atom stereocenters. The summed E-state index contributed by atoms with van der Waals surface area (Å²) in [6.07, 6.45) is 0. The zero-order valence-electron chi connectivity index (χ0n) is 14.7. The second-order valence-corrected chi connectivity index (χ2v) is 6.02. The first kappa shape index (κ1) is 19.9. The van der Waals surface area contributed by atoms with Gasteiger partial charge in [-0.25, -0.2) is 5.43 Å². The van der Waals surface area contributed by atoms with Gasteiger partial charge in [-0.2, -0.15) is 5.10 Å². The summed E-state index contributed by atoms with van der Waals surface area (Å²) in [5.74, 6) is 0.699. The first-order valence-corrected chi connectivity index (χ1v) is 8.27. The van der Waals surface area contributed by atoms with Gasteiger partial charge < -0.3 is 14.2 Å². The summed E-state index contributed by atoms with van der Waals surface area (Å²) in [4.78, 5) is 12.4. The Hall–Kier alpha value is -2.44. The number of hydrogen-bond donors (Lipinski definition) is 1. The molecule has 0 saturated heterocycles. The van der Waals surface area contributed by atoms with Crippen LogP contribution in [0.3, 0.4) is 0 Å². The highest BCUT2D eigenvalue weighted by atomic mass is 35.5. The Bertz CT molecular complexity index is 828. The standard InChI is InChI=1S/C18H18Cl2N2O4/c1-10(13-9-12(19)5-6-14(13)20)21-22-18(23)11-7-15(24-2)17(26-4)16(8-11)25-3/h5-9H,1-4H3,(H,22,23)/b21-10-. The SMILES string of the molecule is COc1cc(C(=O)N/N=C(/C)c2cc(Cl)ccc2Cl)cc(OC)c1OC. The Balaban J connectivity index is 2.28. The largest absolute Gasteiger partial charge is 0.493 e. The van der Waals surface area contributed by atoms with Crippen LogP contribution in [0.1, 0.15) is 22.8 Å². The molecular formula is C18H18Cl2N2O4. The van der Waals surface area contributed by atoms with Gasteiger partial charge in [-0.05, 0) is 37.3 Å². The molecule has 2 rings (SSSR count). The van der Waals surface area contributed by atoms with Crippen LogP contribution in [0.2, 0.25) is 10.0 Å². The van der Waals surface area contributed by atoms with Crippen LogP contribution in [0, 0.1) is 0 Å². The third kappa shape index (κ3) is 4.39. The number of nitrogens with zero attached hydrogens (tertiary/aromatic N) is 1. The molecule has 0 heterocycles. The minimum absolute atomic E-state index is 0.299. The minimum atomic E-state index is -0.443. The summed E-state index contributed by atoms with van der Waals surface area (Å²) >= 11 is 12.1. The highest BCUT2D eigenvalue weighted by molar-refractivity contribution is 6.36. The highest BCUT2D eigenvalue weighted by Crippen LogP contribution is 2.38. The molecule has 0 radical (unpaired) electrons. The predicted octanol–water partition coefficient (Wildman–Crippen LogP) is 4.17. The first-order valence-electron chi connectivity index (χ1n) is 7.51. The van der Waals surface area contributed by atoms with Crippen LogP contribution in [0.5, 0.6) is 17.2 Å². The topological polar surface area (TPSA) is 69.2 Å². The molecule has 0 aromatic heterocycles. The lowest BCUT2D eigenvalue weighted by atomic mass is 10.1. The van der Waals surface area contributed by atoms with Crippen molar-refractivity contribution in [1.29, 1.82) is 0 Å². The van der Waals surface area contributed by atoms with E-state index in [9.17, 15) is 4.79 Å². The Morgan fingerprint density at radius 1 is 1.00 bits per heavy atom. The zero-order chi connectivity index (χ0) is 19.3. The summed E-state index contributed by atoms with van der Waals surface area (Å²) in [7, 11) is 4.44. The highest BCUT2D eigenvalue weighted by Gasteiger charge is 2.17. The molecule has 1 N–H and O–H groups in total. The maximum Gasteiger partial charge on any atom is 0.271 e. The van der Waals surface area contributed by atoms with Gasteiger partial charge in [-0.3, -0.25) is 4.79 Å². The van der Waals surface area contributed by atoms with Crippen LogP contribution in [0.15, 0.2) is 35.4 Å². The number of rotatable bonds is 6. The number of hydrazone groups is 1. The molecule has 0 fully saturated rings. The van der Waals surface area contributed by atoms with Gasteiger partial charge in [0.25, 0.3) is 5.91 Å². The van der Waals surface area contributed by atoms with Gasteiger partial charge in [-0.15, -0.1) is 0 Å². The van der Waals surface area contributed by atoms with Crippen LogP contribution < -0.4 is 19.6 Å². The van der Waals surface area contributed by atoms with E-state index < -0.39 is 5.91 Å². The normalized spacial score (nSPS) is 11.1. The molecule has 0 atom stereocenters. The third-order valence-corrected chi connectivity index (χ3v) is 4.13. The van der Waals surface area contributed by atoms with E-state index in [2.05, 4.69) is 10.5 Å². The van der Waals surface area contributed by atoms with Crippen molar-refractivity contribution in [2.75, 3.05) is 21.3 Å². The number of methoxy groups -OCH3 is 3. The minimum Gasteiger partial charge on any atom is -0.493 e. The van der Waals surface area contributed by atoms with E-state index in [1.165, 1.54) is 33.5 Å². The number of amides is 1. The summed E-state index contributed by atoms with van der Waals surface area (Å²) < 4.78 is 15.7. The molecule has 0 aliphatic heterocycles. The molecule has 26 heavy (non-hydrogen) atoms. The number of benzene rings is 2. The molecule has 2 aromatic rings. The van der Waals surface area contributed by atoms with Crippen LogP contribution in [0.4, 0.5) is 0 Å². The maximum absolute atomic E-state index is 12.4. The maximum atomic E-state index is 12.4. The number of nitrogens with one attached hydrogen (secondary N) is 1. The van der Waals surface area contributed by atoms with Gasteiger partial charge in [0.2, 0.25) is 5.75 Å². The number of hydrogen-bond acceptors (Lipinski definition) is 5. The summed E-state index contributed by atoms with van der Waals surface area (Å²) in [5.41, 5.74) is 3.92. The number of carbonyl (C=O) groups is 1. The fourth-order valence-corrected chi connectivity index (χ4v) is 2.67. The van der Waals surface area contributed by atoms with E-state index in [0.717, 1.165) is 0 Å². The molecule has 0 spiro atoms. The van der Waals surface area contributed by atoms with E-state index in [1.807, 2.05) is 0 Å². The van der Waals surface area contributed by atoms with Crippen LogP contribution in [-0.4, -0.2) is 32.9 Å². The number of ether oxygens (including phenoxy) is 3. The molecular weight excluding hydrogens is 379 g/mol. The van der Waals surface area contributed by atoms with Gasteiger partial charge in [-0.1, -0.05) is 23.2 Å². The molecule has 8 heteroatoms. The molecule has 2 aromatic carbocycles. The molecule has 0 saturated carbocycles. The van der Waals surface area contributed by atoms with Crippen molar-refractivity contribution < 1.29 is 19.0 Å². The van der Waals surface area contributed by atoms with Crippen LogP contribution in [-0.2, 0) is 0 Å². The lowest BCUT2D eigenvalue weighted by Gasteiger charge is -2.13. The molecule has 0 aliphatic carbocycles. The van der Waals surface area contributed by atoms with Crippen molar-refractivity contribution in [1.82, 2.24) is 5.43 Å². The van der Waals surface area contributed by atoms with Gasteiger partial charge in [0.15, 0.2) is 11.5 Å². The lowest BCUT2D eigenvalue weighted by molar-refractivity contribution is 0.0954. The predicted molar refractivity (Wildman–Crippen MR) is 102 cm³/mol. The Kier molecular flexibility index (Phi) is 6.71. The molecule has 1 amide bonds. The molecule has 6 nitrogen and oxygen atoms in total. The van der Waals surface area contributed by atoms with Crippen molar-refractivity contribution in [3.63, 3.8) is 0 Å². The first-order chi connectivity index (χ1) is 12.4. The van der Waals surface area contributed by atoms with Gasteiger partial charge in [0, 0.05) is 21.2 Å². The zero-order valence-corrected chi connectivity index (χ0v) is 16.2. The molecule has 138 valence electrons. The monoisotopic (exact) mass is 396 g/mol. The summed E-state index contributed by atoms with van der Waals surface area (Å²) in [6.45, 7) is 1.72. The van der Waals surface area contributed by atoms with Gasteiger partial charge >= 0.3 is 0 Å². The molecule has 0 bridgehead atoms. The Labute approximate surface area is 161 Å². The quantitative estimate of drug-likeness (QED) is 0.587. The average molecular weight is 397 g/mol. The number of carbonyl (C=O) groups excluding carboxylic acids is 1.